The first kappa shape index (κ1) is 25.5. The molecule has 8 nitrogen and oxygen atoms in total. The molecule has 3 heterocycles. The molecule has 39 heavy (non-hydrogen) atoms. The number of aromatic nitrogens is 4. The summed E-state index contributed by atoms with van der Waals surface area (Å²) >= 11 is 0. The van der Waals surface area contributed by atoms with Gasteiger partial charge in [0.25, 0.3) is 0 Å². The maximum atomic E-state index is 15.7. The fourth-order valence-corrected chi connectivity index (χ4v) is 4.20. The number of methoxy groups -OCH3 is 3. The number of hydrogen-bond donors (Lipinski definition) is 0. The zero-order valence-corrected chi connectivity index (χ0v) is 22.0. The van der Waals surface area contributed by atoms with Crippen molar-refractivity contribution >= 4 is 22.3 Å². The number of benzene rings is 2. The number of fused-ring (bicyclic) bond motifs is 1. The monoisotopic (exact) mass is 523 g/mol. The van der Waals surface area contributed by atoms with Crippen LogP contribution in [0.15, 0.2) is 73.3 Å². The molecule has 5 rings (SSSR count). The predicted octanol–water partition coefficient (Wildman–Crippen LogP) is 5.39. The van der Waals surface area contributed by atoms with Gasteiger partial charge in [0.2, 0.25) is 0 Å². The van der Waals surface area contributed by atoms with E-state index in [-0.39, 0.29) is 18.0 Å². The van der Waals surface area contributed by atoms with E-state index in [2.05, 4.69) is 26.9 Å². The Morgan fingerprint density at radius 3 is 2.51 bits per heavy atom. The Balaban J connectivity index is 1.62. The van der Waals surface area contributed by atoms with E-state index in [1.165, 1.54) is 20.3 Å². The summed E-state index contributed by atoms with van der Waals surface area (Å²) in [6.07, 6.45) is 7.18. The van der Waals surface area contributed by atoms with E-state index in [1.54, 1.807) is 47.3 Å². The first-order valence-corrected chi connectivity index (χ1v) is 12.1. The lowest BCUT2D eigenvalue weighted by Gasteiger charge is -2.25. The summed E-state index contributed by atoms with van der Waals surface area (Å²) in [5, 5.41) is 5.14. The average Bonchev–Trinajstić information content (AvgIpc) is 3.41. The summed E-state index contributed by atoms with van der Waals surface area (Å²) < 4.78 is 33.5. The fraction of sp³-hybridized carbons (Fsp3) is 0.167. The van der Waals surface area contributed by atoms with Crippen LogP contribution in [0.5, 0.6) is 17.2 Å². The van der Waals surface area contributed by atoms with E-state index in [0.29, 0.717) is 22.9 Å². The van der Waals surface area contributed by atoms with Crippen LogP contribution in [0, 0.1) is 17.7 Å². The third-order valence-electron chi connectivity index (χ3n) is 6.19. The molecule has 0 amide bonds. The molecule has 5 aromatic rings. The molecule has 0 aliphatic heterocycles. The van der Waals surface area contributed by atoms with Crippen molar-refractivity contribution in [2.45, 2.75) is 0 Å². The van der Waals surface area contributed by atoms with Gasteiger partial charge >= 0.3 is 0 Å². The first-order valence-electron chi connectivity index (χ1n) is 12.1. The number of rotatable bonds is 7. The minimum Gasteiger partial charge on any atom is -0.497 e. The largest absolute Gasteiger partial charge is 0.497 e. The lowest BCUT2D eigenvalue weighted by Crippen LogP contribution is -2.19. The molecular formula is C30H26FN5O3. The van der Waals surface area contributed by atoms with Crippen LogP contribution >= 0.6 is 0 Å². The van der Waals surface area contributed by atoms with Crippen LogP contribution in [0.3, 0.4) is 0 Å². The van der Waals surface area contributed by atoms with Gasteiger partial charge in [-0.05, 0) is 42.3 Å². The number of halogens is 1. The molecule has 0 aliphatic rings. The van der Waals surface area contributed by atoms with Crippen molar-refractivity contribution in [3.8, 4) is 40.2 Å². The third kappa shape index (κ3) is 5.31. The van der Waals surface area contributed by atoms with Crippen molar-refractivity contribution in [2.75, 3.05) is 32.8 Å². The minimum absolute atomic E-state index is 0.0648. The molecule has 0 fully saturated rings. The van der Waals surface area contributed by atoms with Gasteiger partial charge in [-0.25, -0.2) is 9.37 Å². The average molecular weight is 524 g/mol. The lowest BCUT2D eigenvalue weighted by molar-refractivity contribution is 0.374. The molecule has 9 heteroatoms. The molecule has 0 saturated heterocycles. The van der Waals surface area contributed by atoms with Crippen LogP contribution in [0.25, 0.3) is 22.0 Å². The van der Waals surface area contributed by atoms with Crippen molar-refractivity contribution in [2.24, 2.45) is 7.05 Å². The molecule has 0 saturated carbocycles. The van der Waals surface area contributed by atoms with Gasteiger partial charge in [-0.15, -0.1) is 0 Å². The topological polar surface area (TPSA) is 74.5 Å². The van der Waals surface area contributed by atoms with E-state index >= 15 is 4.39 Å². The van der Waals surface area contributed by atoms with Gasteiger partial charge in [0.15, 0.2) is 23.0 Å². The zero-order chi connectivity index (χ0) is 27.4. The molecule has 3 aromatic heterocycles. The van der Waals surface area contributed by atoms with Gasteiger partial charge in [0.05, 0.1) is 45.3 Å². The second-order valence-corrected chi connectivity index (χ2v) is 8.61. The summed E-state index contributed by atoms with van der Waals surface area (Å²) in [7, 11) is 6.37. The van der Waals surface area contributed by atoms with Gasteiger partial charge in [-0.3, -0.25) is 9.67 Å². The van der Waals surface area contributed by atoms with Crippen molar-refractivity contribution < 1.29 is 18.6 Å². The Bertz CT molecular complexity index is 1710. The Labute approximate surface area is 225 Å². The van der Waals surface area contributed by atoms with Crippen LogP contribution in [0.1, 0.15) is 5.69 Å². The van der Waals surface area contributed by atoms with Crippen molar-refractivity contribution in [3.05, 3.63) is 84.8 Å². The van der Waals surface area contributed by atoms with Gasteiger partial charge < -0.3 is 19.1 Å². The van der Waals surface area contributed by atoms with E-state index in [0.717, 1.165) is 22.0 Å². The molecule has 0 bridgehead atoms. The predicted molar refractivity (Wildman–Crippen MR) is 148 cm³/mol. The van der Waals surface area contributed by atoms with Crippen LogP contribution < -0.4 is 19.1 Å². The molecule has 0 N–H and O–H groups in total. The van der Waals surface area contributed by atoms with Crippen molar-refractivity contribution in [1.29, 1.82) is 0 Å². The molecule has 0 atom stereocenters. The molecule has 196 valence electrons. The first-order chi connectivity index (χ1) is 19.0. The van der Waals surface area contributed by atoms with Crippen molar-refractivity contribution in [1.82, 2.24) is 19.7 Å². The standard InChI is InChI=1S/C30H26FN5O3/c1-35-19-22(18-34-35)21-13-20-14-23(9-10-25(20)33-17-21)36(12-6-7-26-28(38-3)8-5-11-32-26)27-15-24(37-2)16-29(39-4)30(27)31/h5,8-11,13-19H,12H2,1-4H3. The van der Waals surface area contributed by atoms with E-state index in [4.69, 9.17) is 14.2 Å². The fourth-order valence-electron chi connectivity index (χ4n) is 4.20. The Hall–Kier alpha value is -5.10. The molecule has 0 radical (unpaired) electrons. The van der Waals surface area contributed by atoms with E-state index in [9.17, 15) is 0 Å². The van der Waals surface area contributed by atoms with Gasteiger partial charge in [-0.1, -0.05) is 5.92 Å². The van der Waals surface area contributed by atoms with Gasteiger partial charge in [0.1, 0.15) is 5.75 Å². The molecule has 0 spiro atoms. The zero-order valence-electron chi connectivity index (χ0n) is 22.0. The second-order valence-electron chi connectivity index (χ2n) is 8.61. The van der Waals surface area contributed by atoms with Crippen LogP contribution in [0.2, 0.25) is 0 Å². The lowest BCUT2D eigenvalue weighted by atomic mass is 10.1. The minimum atomic E-state index is -0.530. The number of pyridine rings is 2. The number of aryl methyl sites for hydroxylation is 1. The highest BCUT2D eigenvalue weighted by molar-refractivity contribution is 5.87. The Kier molecular flexibility index (Phi) is 7.28. The van der Waals surface area contributed by atoms with Gasteiger partial charge in [-0.2, -0.15) is 5.10 Å². The SMILES string of the molecule is COc1cc(OC)c(F)c(N(CC#Cc2ncccc2OC)c2ccc3ncc(-c4cnn(C)c4)cc3c2)c1. The summed E-state index contributed by atoms with van der Waals surface area (Å²) in [5.41, 5.74) is 4.14. The van der Waals surface area contributed by atoms with Gasteiger partial charge in [0, 0.05) is 60.0 Å². The number of anilines is 2. The van der Waals surface area contributed by atoms with E-state index < -0.39 is 5.82 Å². The number of ether oxygens (including phenoxy) is 3. The van der Waals surface area contributed by atoms with Crippen LogP contribution in [-0.4, -0.2) is 47.6 Å². The smallest absolute Gasteiger partial charge is 0.188 e. The number of nitrogens with zero attached hydrogens (tertiary/aromatic N) is 5. The number of hydrogen-bond acceptors (Lipinski definition) is 7. The maximum Gasteiger partial charge on any atom is 0.188 e. The van der Waals surface area contributed by atoms with Crippen molar-refractivity contribution in [3.63, 3.8) is 0 Å². The quantitative estimate of drug-likeness (QED) is 0.265. The Morgan fingerprint density at radius 2 is 1.77 bits per heavy atom. The molecule has 0 unspecified atom stereocenters. The highest BCUT2D eigenvalue weighted by atomic mass is 19.1. The molecule has 0 aliphatic carbocycles. The maximum absolute atomic E-state index is 15.7. The highest BCUT2D eigenvalue weighted by Crippen LogP contribution is 2.37. The summed E-state index contributed by atoms with van der Waals surface area (Å²) in [5.74, 6) is 6.72. The molecular weight excluding hydrogens is 497 g/mol. The van der Waals surface area contributed by atoms with Crippen LogP contribution in [-0.2, 0) is 7.05 Å². The third-order valence-corrected chi connectivity index (χ3v) is 6.19. The molecule has 2 aromatic carbocycles. The Morgan fingerprint density at radius 1 is 0.923 bits per heavy atom. The van der Waals surface area contributed by atoms with E-state index in [1.807, 2.05) is 43.7 Å². The summed E-state index contributed by atoms with van der Waals surface area (Å²) in [4.78, 5) is 10.7. The highest BCUT2D eigenvalue weighted by Gasteiger charge is 2.20. The summed E-state index contributed by atoms with van der Waals surface area (Å²) in [6.45, 7) is 0.147. The second kappa shape index (κ2) is 11.1. The van der Waals surface area contributed by atoms with Crippen LogP contribution in [0.4, 0.5) is 15.8 Å². The normalized spacial score (nSPS) is 10.6. The summed E-state index contributed by atoms with van der Waals surface area (Å²) in [6, 6.07) is 14.5.